The Bertz CT molecular complexity index is 1590. The number of ether oxygens (including phenoxy) is 2. The lowest BCUT2D eigenvalue weighted by Crippen LogP contribution is -2.25. The number of aromatic nitrogens is 6. The molecule has 0 spiro atoms. The van der Waals surface area contributed by atoms with Crippen molar-refractivity contribution in [1.82, 2.24) is 29.6 Å². The fourth-order valence-electron chi connectivity index (χ4n) is 4.77. The zero-order chi connectivity index (χ0) is 25.4. The van der Waals surface area contributed by atoms with E-state index >= 15 is 0 Å². The van der Waals surface area contributed by atoms with Crippen LogP contribution in [-0.4, -0.2) is 49.2 Å². The molecular weight excluding hydrogens is 470 g/mol. The van der Waals surface area contributed by atoms with E-state index in [-0.39, 0.29) is 11.8 Å². The van der Waals surface area contributed by atoms with Crippen LogP contribution in [0.4, 0.5) is 5.82 Å². The second-order valence-corrected chi connectivity index (χ2v) is 8.88. The maximum atomic E-state index is 12.8. The predicted molar refractivity (Wildman–Crippen MR) is 136 cm³/mol. The highest BCUT2D eigenvalue weighted by Gasteiger charge is 2.33. The molecular formula is C27H25N7O3. The van der Waals surface area contributed by atoms with Crippen LogP contribution in [0.15, 0.2) is 67.0 Å². The lowest BCUT2D eigenvalue weighted by molar-refractivity contribution is -0.116. The van der Waals surface area contributed by atoms with Gasteiger partial charge in [-0.05, 0) is 42.3 Å². The molecule has 0 saturated carbocycles. The number of nitrogens with one attached hydrogen (secondary N) is 1. The summed E-state index contributed by atoms with van der Waals surface area (Å²) >= 11 is 0. The second kappa shape index (κ2) is 9.38. The summed E-state index contributed by atoms with van der Waals surface area (Å²) in [6.07, 6.45) is 2.62. The van der Waals surface area contributed by atoms with Gasteiger partial charge in [0.15, 0.2) is 23.0 Å². The molecule has 0 aliphatic carbocycles. The van der Waals surface area contributed by atoms with Crippen molar-refractivity contribution >= 4 is 17.4 Å². The maximum absolute atomic E-state index is 12.8. The SMILES string of the molecule is COc1cc([C@@H]2CC(=O)Nc3c2c(C)nn3-c2ccc3nncn3n2)ccc1OCCc1ccccc1. The van der Waals surface area contributed by atoms with Gasteiger partial charge >= 0.3 is 0 Å². The number of aryl methyl sites for hydroxylation is 1. The lowest BCUT2D eigenvalue weighted by atomic mass is 9.85. The number of fused-ring (bicyclic) bond motifs is 2. The van der Waals surface area contributed by atoms with E-state index in [1.54, 1.807) is 22.4 Å². The van der Waals surface area contributed by atoms with E-state index < -0.39 is 0 Å². The Morgan fingerprint density at radius 2 is 1.92 bits per heavy atom. The first-order chi connectivity index (χ1) is 18.1. The molecule has 1 amide bonds. The van der Waals surface area contributed by atoms with Gasteiger partial charge in [-0.3, -0.25) is 4.79 Å². The number of hydrogen-bond acceptors (Lipinski definition) is 7. The monoisotopic (exact) mass is 495 g/mol. The number of nitrogens with zero attached hydrogens (tertiary/aromatic N) is 6. The minimum absolute atomic E-state index is 0.0915. The summed E-state index contributed by atoms with van der Waals surface area (Å²) in [5.41, 5.74) is 4.55. The summed E-state index contributed by atoms with van der Waals surface area (Å²) in [5, 5.41) is 20.1. The first-order valence-electron chi connectivity index (χ1n) is 12.0. The van der Waals surface area contributed by atoms with E-state index in [1.165, 1.54) is 11.9 Å². The number of benzene rings is 2. The fourth-order valence-corrected chi connectivity index (χ4v) is 4.77. The molecule has 6 rings (SSSR count). The van der Waals surface area contributed by atoms with E-state index in [4.69, 9.17) is 14.6 Å². The fraction of sp³-hybridized carbons (Fsp3) is 0.222. The highest BCUT2D eigenvalue weighted by atomic mass is 16.5. The molecule has 5 aromatic rings. The third-order valence-corrected chi connectivity index (χ3v) is 6.55. The summed E-state index contributed by atoms with van der Waals surface area (Å²) in [5.74, 6) is 2.18. The van der Waals surface area contributed by atoms with Gasteiger partial charge in [0.25, 0.3) is 0 Å². The van der Waals surface area contributed by atoms with Crippen molar-refractivity contribution < 1.29 is 14.3 Å². The molecule has 3 aromatic heterocycles. The van der Waals surface area contributed by atoms with Gasteiger partial charge in [0.2, 0.25) is 5.91 Å². The summed E-state index contributed by atoms with van der Waals surface area (Å²) in [6, 6.07) is 19.7. The molecule has 1 atom stereocenters. The summed E-state index contributed by atoms with van der Waals surface area (Å²) in [7, 11) is 1.62. The molecule has 0 bridgehead atoms. The molecule has 0 fully saturated rings. The van der Waals surface area contributed by atoms with Crippen LogP contribution in [0, 0.1) is 6.92 Å². The number of carbonyl (C=O) groups is 1. The Balaban J connectivity index is 1.31. The Hall–Kier alpha value is -4.73. The van der Waals surface area contributed by atoms with Gasteiger partial charge in [-0.1, -0.05) is 36.4 Å². The number of anilines is 1. The van der Waals surface area contributed by atoms with Crippen molar-refractivity contribution in [1.29, 1.82) is 0 Å². The van der Waals surface area contributed by atoms with Crippen molar-refractivity contribution in [2.75, 3.05) is 19.0 Å². The van der Waals surface area contributed by atoms with Crippen LogP contribution < -0.4 is 14.8 Å². The third-order valence-electron chi connectivity index (χ3n) is 6.55. The molecule has 0 unspecified atom stereocenters. The van der Waals surface area contributed by atoms with Crippen LogP contribution in [0.25, 0.3) is 11.5 Å². The molecule has 0 saturated heterocycles. The smallest absolute Gasteiger partial charge is 0.226 e. The van der Waals surface area contributed by atoms with Crippen molar-refractivity contribution in [3.63, 3.8) is 0 Å². The molecule has 37 heavy (non-hydrogen) atoms. The van der Waals surface area contributed by atoms with Gasteiger partial charge in [-0.15, -0.1) is 15.3 Å². The topological polar surface area (TPSA) is 108 Å². The van der Waals surface area contributed by atoms with E-state index in [2.05, 4.69) is 32.7 Å². The van der Waals surface area contributed by atoms with Crippen molar-refractivity contribution in [3.05, 3.63) is 89.4 Å². The highest BCUT2D eigenvalue weighted by Crippen LogP contribution is 2.42. The average Bonchev–Trinajstić information content (AvgIpc) is 3.52. The number of rotatable bonds is 7. The zero-order valence-corrected chi connectivity index (χ0v) is 20.5. The van der Waals surface area contributed by atoms with Gasteiger partial charge in [0.05, 0.1) is 19.4 Å². The lowest BCUT2D eigenvalue weighted by Gasteiger charge is -2.25. The van der Waals surface area contributed by atoms with Gasteiger partial charge in [0.1, 0.15) is 12.1 Å². The molecule has 4 heterocycles. The standard InChI is InChI=1S/C27H25N7O3/c1-17-26-20(19-8-9-21(22(14-19)36-2)37-13-12-18-6-4-3-5-7-18)15-25(35)29-27(26)34(31-17)24-11-10-23-30-28-16-33(23)32-24/h3-11,14,16,20H,12-13,15H2,1-2H3,(H,29,35)/t20-/m0/s1. The minimum Gasteiger partial charge on any atom is -0.493 e. The largest absolute Gasteiger partial charge is 0.493 e. The van der Waals surface area contributed by atoms with Crippen LogP contribution in [0.1, 0.15) is 34.7 Å². The van der Waals surface area contributed by atoms with Gasteiger partial charge < -0.3 is 14.8 Å². The van der Waals surface area contributed by atoms with Crippen LogP contribution >= 0.6 is 0 Å². The van der Waals surface area contributed by atoms with Crippen LogP contribution in [0.3, 0.4) is 0 Å². The number of methoxy groups -OCH3 is 1. The van der Waals surface area contributed by atoms with E-state index in [9.17, 15) is 4.79 Å². The minimum atomic E-state index is -0.191. The molecule has 10 heteroatoms. The molecule has 0 radical (unpaired) electrons. The van der Waals surface area contributed by atoms with Crippen LogP contribution in [0.2, 0.25) is 0 Å². The molecule has 2 aromatic carbocycles. The maximum Gasteiger partial charge on any atom is 0.226 e. The number of hydrogen-bond donors (Lipinski definition) is 1. The molecule has 1 aliphatic rings. The Morgan fingerprint density at radius 3 is 2.76 bits per heavy atom. The third kappa shape index (κ3) is 4.26. The number of amides is 1. The van der Waals surface area contributed by atoms with E-state index in [1.807, 2.05) is 49.4 Å². The molecule has 1 aliphatic heterocycles. The summed E-state index contributed by atoms with van der Waals surface area (Å²) in [6.45, 7) is 2.47. The van der Waals surface area contributed by atoms with Gasteiger partial charge in [0, 0.05) is 24.3 Å². The summed E-state index contributed by atoms with van der Waals surface area (Å²) < 4.78 is 14.9. The Kier molecular flexibility index (Phi) is 5.76. The predicted octanol–water partition coefficient (Wildman–Crippen LogP) is 3.72. The van der Waals surface area contributed by atoms with E-state index in [0.29, 0.717) is 41.8 Å². The van der Waals surface area contributed by atoms with Crippen molar-refractivity contribution in [3.8, 4) is 17.3 Å². The molecule has 10 nitrogen and oxygen atoms in total. The first-order valence-corrected chi connectivity index (χ1v) is 12.0. The first kappa shape index (κ1) is 22.7. The second-order valence-electron chi connectivity index (χ2n) is 8.88. The van der Waals surface area contributed by atoms with Gasteiger partial charge in [-0.25, -0.2) is 0 Å². The highest BCUT2D eigenvalue weighted by molar-refractivity contribution is 5.95. The van der Waals surface area contributed by atoms with E-state index in [0.717, 1.165) is 23.2 Å². The zero-order valence-electron chi connectivity index (χ0n) is 20.5. The molecule has 1 N–H and O–H groups in total. The Morgan fingerprint density at radius 1 is 1.05 bits per heavy atom. The average molecular weight is 496 g/mol. The quantitative estimate of drug-likeness (QED) is 0.367. The van der Waals surface area contributed by atoms with Crippen LogP contribution in [0.5, 0.6) is 11.5 Å². The normalized spacial score (nSPS) is 14.9. The van der Waals surface area contributed by atoms with Crippen LogP contribution in [-0.2, 0) is 11.2 Å². The number of carbonyl (C=O) groups excluding carboxylic acids is 1. The summed E-state index contributed by atoms with van der Waals surface area (Å²) in [4.78, 5) is 12.8. The van der Waals surface area contributed by atoms with Crippen molar-refractivity contribution in [2.45, 2.75) is 25.7 Å². The van der Waals surface area contributed by atoms with Crippen molar-refractivity contribution in [2.24, 2.45) is 0 Å². The van der Waals surface area contributed by atoms with Gasteiger partial charge in [-0.2, -0.15) is 14.3 Å². The molecule has 186 valence electrons. The Labute approximate surface area is 212 Å².